The van der Waals surface area contributed by atoms with Crippen LogP contribution in [0.15, 0.2) is 48.8 Å². The van der Waals surface area contributed by atoms with Gasteiger partial charge in [0.25, 0.3) is 0 Å². The van der Waals surface area contributed by atoms with E-state index in [1.807, 2.05) is 36.4 Å². The highest BCUT2D eigenvalue weighted by atomic mass is 16.1. The molecular weight excluding hydrogens is 212 g/mol. The summed E-state index contributed by atoms with van der Waals surface area (Å²) in [5.74, 6) is 0. The van der Waals surface area contributed by atoms with Gasteiger partial charge in [-0.2, -0.15) is 0 Å². The zero-order valence-corrected chi connectivity index (χ0v) is 9.05. The summed E-state index contributed by atoms with van der Waals surface area (Å²) in [5.41, 5.74) is 3.43. The molecule has 0 unspecified atom stereocenters. The number of carbonyl (C=O) groups excluding carboxylic acids is 1. The Hall–Kier alpha value is -2.42. The molecule has 0 spiro atoms. The smallest absolute Gasteiger partial charge is 0.152 e. The summed E-state index contributed by atoms with van der Waals surface area (Å²) >= 11 is 0. The minimum atomic E-state index is 0.689. The van der Waals surface area contributed by atoms with Crippen LogP contribution in [0.3, 0.4) is 0 Å². The summed E-state index contributed by atoms with van der Waals surface area (Å²) in [6.07, 6.45) is 4.31. The Morgan fingerprint density at radius 3 is 2.71 bits per heavy atom. The maximum Gasteiger partial charge on any atom is 0.152 e. The third-order valence-electron chi connectivity index (χ3n) is 2.82. The molecule has 0 saturated heterocycles. The van der Waals surface area contributed by atoms with Gasteiger partial charge in [0.15, 0.2) is 6.29 Å². The molecule has 3 rings (SSSR count). The van der Waals surface area contributed by atoms with E-state index in [0.29, 0.717) is 5.56 Å². The van der Waals surface area contributed by atoms with Crippen LogP contribution in [0.5, 0.6) is 0 Å². The van der Waals surface area contributed by atoms with Crippen LogP contribution in [0.1, 0.15) is 10.4 Å². The molecule has 0 aliphatic heterocycles. The second kappa shape index (κ2) is 3.87. The predicted octanol–water partition coefficient (Wildman–Crippen LogP) is 3.04. The maximum absolute atomic E-state index is 11.2. The van der Waals surface area contributed by atoms with Gasteiger partial charge in [0.2, 0.25) is 0 Å². The molecule has 0 aliphatic rings. The second-order valence-corrected chi connectivity index (χ2v) is 3.82. The minimum absolute atomic E-state index is 0.689. The van der Waals surface area contributed by atoms with Crippen LogP contribution < -0.4 is 0 Å². The number of aromatic nitrogens is 2. The van der Waals surface area contributed by atoms with Crippen molar-refractivity contribution in [1.29, 1.82) is 0 Å². The van der Waals surface area contributed by atoms with Crippen LogP contribution >= 0.6 is 0 Å². The zero-order chi connectivity index (χ0) is 11.7. The predicted molar refractivity (Wildman–Crippen MR) is 66.9 cm³/mol. The minimum Gasteiger partial charge on any atom is -0.353 e. The first-order chi connectivity index (χ1) is 8.40. The van der Waals surface area contributed by atoms with Gasteiger partial charge in [-0.3, -0.25) is 9.78 Å². The molecule has 3 heteroatoms. The van der Waals surface area contributed by atoms with Crippen molar-refractivity contribution < 1.29 is 4.79 Å². The third kappa shape index (κ3) is 1.52. The Morgan fingerprint density at radius 2 is 1.94 bits per heavy atom. The van der Waals surface area contributed by atoms with Crippen molar-refractivity contribution in [2.75, 3.05) is 0 Å². The lowest BCUT2D eigenvalue weighted by atomic mass is 10.1. The maximum atomic E-state index is 11.2. The van der Waals surface area contributed by atoms with Gasteiger partial charge in [-0.05, 0) is 11.6 Å². The van der Waals surface area contributed by atoms with Gasteiger partial charge in [0, 0.05) is 17.1 Å². The molecule has 3 aromatic rings. The van der Waals surface area contributed by atoms with Crippen molar-refractivity contribution in [2.45, 2.75) is 0 Å². The normalized spacial score (nSPS) is 10.6. The number of H-pyrrole nitrogens is 1. The average molecular weight is 222 g/mol. The number of nitrogens with zero attached hydrogens (tertiary/aromatic N) is 1. The van der Waals surface area contributed by atoms with Crippen molar-refractivity contribution >= 4 is 17.2 Å². The fourth-order valence-electron chi connectivity index (χ4n) is 2.02. The summed E-state index contributed by atoms with van der Waals surface area (Å²) < 4.78 is 0. The number of hydrogen-bond donors (Lipinski definition) is 1. The van der Waals surface area contributed by atoms with Crippen molar-refractivity contribution in [3.05, 3.63) is 54.4 Å². The van der Waals surface area contributed by atoms with Gasteiger partial charge in [0.05, 0.1) is 17.4 Å². The number of hydrogen-bond acceptors (Lipinski definition) is 2. The molecule has 82 valence electrons. The fraction of sp³-hybridized carbons (Fsp3) is 0. The third-order valence-corrected chi connectivity index (χ3v) is 2.82. The topological polar surface area (TPSA) is 45.8 Å². The average Bonchev–Trinajstić information content (AvgIpc) is 2.78. The Labute approximate surface area is 98.1 Å². The number of pyridine rings is 1. The number of aromatic amines is 1. The number of fused-ring (bicyclic) bond motifs is 1. The van der Waals surface area contributed by atoms with Gasteiger partial charge < -0.3 is 4.98 Å². The van der Waals surface area contributed by atoms with Gasteiger partial charge in [0.1, 0.15) is 0 Å². The van der Waals surface area contributed by atoms with Crippen molar-refractivity contribution in [2.24, 2.45) is 0 Å². The van der Waals surface area contributed by atoms with Crippen LogP contribution in [0, 0.1) is 0 Å². The van der Waals surface area contributed by atoms with Crippen LogP contribution in [-0.4, -0.2) is 16.3 Å². The van der Waals surface area contributed by atoms with E-state index >= 15 is 0 Å². The van der Waals surface area contributed by atoms with Crippen LogP contribution in [-0.2, 0) is 0 Å². The second-order valence-electron chi connectivity index (χ2n) is 3.82. The van der Waals surface area contributed by atoms with Crippen LogP contribution in [0.2, 0.25) is 0 Å². The van der Waals surface area contributed by atoms with Gasteiger partial charge in [-0.15, -0.1) is 0 Å². The molecule has 1 N–H and O–H groups in total. The van der Waals surface area contributed by atoms with E-state index in [0.717, 1.165) is 28.4 Å². The summed E-state index contributed by atoms with van der Waals surface area (Å²) in [7, 11) is 0. The number of rotatable bonds is 2. The first-order valence-corrected chi connectivity index (χ1v) is 5.36. The molecule has 0 amide bonds. The van der Waals surface area contributed by atoms with Crippen LogP contribution in [0.4, 0.5) is 0 Å². The summed E-state index contributed by atoms with van der Waals surface area (Å²) in [6.45, 7) is 0. The molecule has 0 saturated carbocycles. The van der Waals surface area contributed by atoms with Crippen molar-refractivity contribution in [3.8, 4) is 11.3 Å². The van der Waals surface area contributed by atoms with E-state index in [9.17, 15) is 4.79 Å². The molecule has 0 fully saturated rings. The SMILES string of the molecule is O=Cc1c(-c2ccccc2)[nH]c2cnccc12. The summed E-state index contributed by atoms with van der Waals surface area (Å²) in [6, 6.07) is 11.7. The van der Waals surface area contributed by atoms with E-state index in [-0.39, 0.29) is 0 Å². The van der Waals surface area contributed by atoms with Crippen molar-refractivity contribution in [1.82, 2.24) is 9.97 Å². The molecule has 2 aromatic heterocycles. The lowest BCUT2D eigenvalue weighted by Crippen LogP contribution is -1.83. The monoisotopic (exact) mass is 222 g/mol. The van der Waals surface area contributed by atoms with E-state index in [1.165, 1.54) is 0 Å². The molecule has 1 aromatic carbocycles. The first kappa shape index (κ1) is 9.78. The summed E-state index contributed by atoms with van der Waals surface area (Å²) in [5, 5.41) is 0.911. The zero-order valence-electron chi connectivity index (χ0n) is 9.05. The van der Waals surface area contributed by atoms with Gasteiger partial charge in [-0.25, -0.2) is 0 Å². The summed E-state index contributed by atoms with van der Waals surface area (Å²) in [4.78, 5) is 18.5. The molecule has 0 aliphatic carbocycles. The Balaban J connectivity index is 2.33. The first-order valence-electron chi connectivity index (χ1n) is 5.36. The molecule has 0 bridgehead atoms. The van der Waals surface area contributed by atoms with Gasteiger partial charge >= 0.3 is 0 Å². The molecule has 0 atom stereocenters. The molecule has 3 nitrogen and oxygen atoms in total. The number of benzene rings is 1. The van der Waals surface area contributed by atoms with E-state index in [2.05, 4.69) is 9.97 Å². The highest BCUT2D eigenvalue weighted by Crippen LogP contribution is 2.28. The highest BCUT2D eigenvalue weighted by molar-refractivity contribution is 6.03. The number of carbonyl (C=O) groups is 1. The number of aldehydes is 1. The molecule has 2 heterocycles. The molecule has 0 radical (unpaired) electrons. The van der Waals surface area contributed by atoms with E-state index < -0.39 is 0 Å². The van der Waals surface area contributed by atoms with E-state index in [4.69, 9.17) is 0 Å². The van der Waals surface area contributed by atoms with Gasteiger partial charge in [-0.1, -0.05) is 30.3 Å². The Morgan fingerprint density at radius 1 is 1.12 bits per heavy atom. The van der Waals surface area contributed by atoms with Crippen molar-refractivity contribution in [3.63, 3.8) is 0 Å². The molecule has 17 heavy (non-hydrogen) atoms. The quantitative estimate of drug-likeness (QED) is 0.677. The van der Waals surface area contributed by atoms with E-state index in [1.54, 1.807) is 12.4 Å². The fourth-order valence-corrected chi connectivity index (χ4v) is 2.02. The Bertz CT molecular complexity index is 671. The lowest BCUT2D eigenvalue weighted by Gasteiger charge is -1.98. The highest BCUT2D eigenvalue weighted by Gasteiger charge is 2.11. The molecular formula is C14H10N2O. The van der Waals surface area contributed by atoms with Crippen LogP contribution in [0.25, 0.3) is 22.2 Å². The largest absolute Gasteiger partial charge is 0.353 e. The number of nitrogens with one attached hydrogen (secondary N) is 1. The Kier molecular flexibility index (Phi) is 2.22. The standard InChI is InChI=1S/C14H10N2O/c17-9-12-11-6-7-15-8-13(11)16-14(12)10-4-2-1-3-5-10/h1-9,16H. The lowest BCUT2D eigenvalue weighted by molar-refractivity contribution is 0.112.